The van der Waals surface area contributed by atoms with E-state index in [0.29, 0.717) is 30.9 Å². The number of benzene rings is 3. The summed E-state index contributed by atoms with van der Waals surface area (Å²) in [6.45, 7) is 4.91. The summed E-state index contributed by atoms with van der Waals surface area (Å²) in [4.78, 5) is 29.0. The molecule has 0 atom stereocenters. The lowest BCUT2D eigenvalue weighted by Crippen LogP contribution is -2.49. The van der Waals surface area contributed by atoms with Crippen LogP contribution in [0.5, 0.6) is 0 Å². The first-order chi connectivity index (χ1) is 16.0. The van der Waals surface area contributed by atoms with Gasteiger partial charge in [-0.25, -0.2) is 9.18 Å². The third kappa shape index (κ3) is 5.88. The van der Waals surface area contributed by atoms with E-state index in [2.05, 4.69) is 15.5 Å². The summed E-state index contributed by atoms with van der Waals surface area (Å²) in [6.07, 6.45) is 0.435. The van der Waals surface area contributed by atoms with Crippen LogP contribution in [0.15, 0.2) is 72.8 Å². The maximum atomic E-state index is 13.3. The predicted molar refractivity (Wildman–Crippen MR) is 129 cm³/mol. The van der Waals surface area contributed by atoms with Crippen LogP contribution in [0.25, 0.3) is 0 Å². The number of nitrogens with zero attached hydrogens (tertiary/aromatic N) is 2. The van der Waals surface area contributed by atoms with Crippen molar-refractivity contribution in [2.24, 2.45) is 0 Å². The zero-order valence-electron chi connectivity index (χ0n) is 18.6. The van der Waals surface area contributed by atoms with Crippen molar-refractivity contribution < 1.29 is 14.0 Å². The normalized spacial score (nSPS) is 13.5. The van der Waals surface area contributed by atoms with Gasteiger partial charge in [0.25, 0.3) is 0 Å². The highest BCUT2D eigenvalue weighted by molar-refractivity contribution is 5.99. The van der Waals surface area contributed by atoms with Gasteiger partial charge in [-0.1, -0.05) is 30.3 Å². The van der Waals surface area contributed by atoms with Crippen LogP contribution >= 0.6 is 0 Å². The molecule has 0 aromatic heterocycles. The Morgan fingerprint density at radius 2 is 1.55 bits per heavy atom. The molecule has 0 bridgehead atoms. The standard InChI is InChI=1S/C26H27FN4O2/c1-19-5-2-3-6-20(19)17-25(32)31-15-13-30(14-16-31)24-11-9-22(10-12-24)28-26(33)29-23-8-4-7-21(27)18-23/h2-12,18H,13-17H2,1H3,(H2,28,29,33). The molecule has 3 amide bonds. The number of anilines is 3. The lowest BCUT2D eigenvalue weighted by atomic mass is 10.1. The highest BCUT2D eigenvalue weighted by atomic mass is 19.1. The van der Waals surface area contributed by atoms with Gasteiger partial charge in [-0.05, 0) is 60.5 Å². The molecular formula is C26H27FN4O2. The average Bonchev–Trinajstić information content (AvgIpc) is 2.81. The maximum absolute atomic E-state index is 13.3. The van der Waals surface area contributed by atoms with Crippen molar-refractivity contribution in [3.05, 3.63) is 89.7 Å². The number of amides is 3. The molecule has 1 aliphatic heterocycles. The van der Waals surface area contributed by atoms with Crippen molar-refractivity contribution in [1.29, 1.82) is 0 Å². The lowest BCUT2D eigenvalue weighted by molar-refractivity contribution is -0.130. The van der Waals surface area contributed by atoms with Crippen LogP contribution in [0.1, 0.15) is 11.1 Å². The number of aryl methyl sites for hydroxylation is 1. The Morgan fingerprint density at radius 3 is 2.24 bits per heavy atom. The van der Waals surface area contributed by atoms with E-state index < -0.39 is 11.8 Å². The van der Waals surface area contributed by atoms with Crippen LogP contribution in [0.4, 0.5) is 26.2 Å². The van der Waals surface area contributed by atoms with Crippen LogP contribution in [0, 0.1) is 12.7 Å². The molecular weight excluding hydrogens is 419 g/mol. The van der Waals surface area contributed by atoms with Crippen molar-refractivity contribution in [2.75, 3.05) is 41.7 Å². The monoisotopic (exact) mass is 446 g/mol. The summed E-state index contributed by atoms with van der Waals surface area (Å²) in [7, 11) is 0. The minimum absolute atomic E-state index is 0.160. The Kier molecular flexibility index (Phi) is 6.88. The van der Waals surface area contributed by atoms with Gasteiger partial charge in [-0.3, -0.25) is 4.79 Å². The molecule has 3 aromatic carbocycles. The minimum Gasteiger partial charge on any atom is -0.368 e. The van der Waals surface area contributed by atoms with E-state index in [9.17, 15) is 14.0 Å². The number of hydrogen-bond acceptors (Lipinski definition) is 3. The highest BCUT2D eigenvalue weighted by Gasteiger charge is 2.21. The van der Waals surface area contributed by atoms with Gasteiger partial charge in [0.05, 0.1) is 6.42 Å². The van der Waals surface area contributed by atoms with Crippen molar-refractivity contribution in [1.82, 2.24) is 4.90 Å². The van der Waals surface area contributed by atoms with Gasteiger partial charge in [0.15, 0.2) is 0 Å². The molecule has 1 fully saturated rings. The van der Waals surface area contributed by atoms with E-state index in [-0.39, 0.29) is 5.91 Å². The van der Waals surface area contributed by atoms with Crippen molar-refractivity contribution >= 4 is 29.0 Å². The number of halogens is 1. The molecule has 3 aromatic rings. The topological polar surface area (TPSA) is 64.7 Å². The van der Waals surface area contributed by atoms with Crippen LogP contribution < -0.4 is 15.5 Å². The first kappa shape index (κ1) is 22.3. The average molecular weight is 447 g/mol. The molecule has 0 radical (unpaired) electrons. The van der Waals surface area contributed by atoms with Crippen LogP contribution in [0.3, 0.4) is 0 Å². The zero-order valence-corrected chi connectivity index (χ0v) is 18.6. The van der Waals surface area contributed by atoms with E-state index in [1.54, 1.807) is 6.07 Å². The van der Waals surface area contributed by atoms with Crippen LogP contribution in [0.2, 0.25) is 0 Å². The Labute approximate surface area is 193 Å². The Bertz CT molecular complexity index is 1130. The third-order valence-electron chi connectivity index (χ3n) is 5.81. The van der Waals surface area contributed by atoms with E-state index >= 15 is 0 Å². The van der Waals surface area contributed by atoms with Gasteiger partial charge in [0.1, 0.15) is 5.82 Å². The second-order valence-electron chi connectivity index (χ2n) is 8.11. The fraction of sp³-hybridized carbons (Fsp3) is 0.231. The number of carbonyl (C=O) groups excluding carboxylic acids is 2. The molecule has 4 rings (SSSR count). The number of hydrogen-bond donors (Lipinski definition) is 2. The molecule has 6 nitrogen and oxygen atoms in total. The van der Waals surface area contributed by atoms with Gasteiger partial charge in [0.2, 0.25) is 5.91 Å². The Hall–Kier alpha value is -3.87. The van der Waals surface area contributed by atoms with Gasteiger partial charge >= 0.3 is 6.03 Å². The molecule has 1 saturated heterocycles. The van der Waals surface area contributed by atoms with Gasteiger partial charge in [0, 0.05) is 43.2 Å². The second kappa shape index (κ2) is 10.2. The van der Waals surface area contributed by atoms with Crippen molar-refractivity contribution in [3.8, 4) is 0 Å². The molecule has 1 heterocycles. The van der Waals surface area contributed by atoms with Gasteiger partial charge < -0.3 is 20.4 Å². The summed E-state index contributed by atoms with van der Waals surface area (Å²) in [5.74, 6) is -0.248. The third-order valence-corrected chi connectivity index (χ3v) is 5.81. The summed E-state index contributed by atoms with van der Waals surface area (Å²) in [5, 5.41) is 5.35. The summed E-state index contributed by atoms with van der Waals surface area (Å²) in [6, 6.07) is 20.9. The van der Waals surface area contributed by atoms with Crippen molar-refractivity contribution in [2.45, 2.75) is 13.3 Å². The summed E-state index contributed by atoms with van der Waals surface area (Å²) < 4.78 is 13.3. The van der Waals surface area contributed by atoms with E-state index in [1.165, 1.54) is 18.2 Å². The highest BCUT2D eigenvalue weighted by Crippen LogP contribution is 2.20. The largest absolute Gasteiger partial charge is 0.368 e. The first-order valence-electron chi connectivity index (χ1n) is 11.0. The second-order valence-corrected chi connectivity index (χ2v) is 8.11. The van der Waals surface area contributed by atoms with Gasteiger partial charge in [-0.15, -0.1) is 0 Å². The number of rotatable bonds is 5. The van der Waals surface area contributed by atoms with Crippen LogP contribution in [-0.2, 0) is 11.2 Å². The summed E-state index contributed by atoms with van der Waals surface area (Å²) in [5.41, 5.74) is 4.29. The smallest absolute Gasteiger partial charge is 0.323 e. The molecule has 170 valence electrons. The van der Waals surface area contributed by atoms with Crippen molar-refractivity contribution in [3.63, 3.8) is 0 Å². The predicted octanol–water partition coefficient (Wildman–Crippen LogP) is 4.67. The number of urea groups is 1. The number of piperazine rings is 1. The molecule has 0 aliphatic carbocycles. The van der Waals surface area contributed by atoms with E-state index in [0.717, 1.165) is 29.9 Å². The first-order valence-corrected chi connectivity index (χ1v) is 11.0. The quantitative estimate of drug-likeness (QED) is 0.599. The summed E-state index contributed by atoms with van der Waals surface area (Å²) >= 11 is 0. The molecule has 1 aliphatic rings. The van der Waals surface area contributed by atoms with E-state index in [4.69, 9.17) is 0 Å². The number of carbonyl (C=O) groups is 2. The number of nitrogens with one attached hydrogen (secondary N) is 2. The fourth-order valence-corrected chi connectivity index (χ4v) is 3.91. The molecule has 2 N–H and O–H groups in total. The Balaban J connectivity index is 1.27. The SMILES string of the molecule is Cc1ccccc1CC(=O)N1CCN(c2ccc(NC(=O)Nc3cccc(F)c3)cc2)CC1. The van der Waals surface area contributed by atoms with E-state index in [1.807, 2.05) is 60.4 Å². The van der Waals surface area contributed by atoms with Crippen LogP contribution in [-0.4, -0.2) is 43.0 Å². The minimum atomic E-state index is -0.436. The zero-order chi connectivity index (χ0) is 23.2. The molecule has 0 unspecified atom stereocenters. The van der Waals surface area contributed by atoms with Gasteiger partial charge in [-0.2, -0.15) is 0 Å². The molecule has 0 saturated carbocycles. The molecule has 7 heteroatoms. The molecule has 0 spiro atoms. The maximum Gasteiger partial charge on any atom is 0.323 e. The fourth-order valence-electron chi connectivity index (χ4n) is 3.91. The molecule has 33 heavy (non-hydrogen) atoms. The lowest BCUT2D eigenvalue weighted by Gasteiger charge is -2.36. The Morgan fingerprint density at radius 1 is 0.848 bits per heavy atom.